The SMILES string of the molecule is C[C@@H](NCc1cnc(Cl)c(C#N)c1)[C@@H]1CCCOC1. The Balaban J connectivity index is 1.89. The van der Waals surface area contributed by atoms with Crippen molar-refractivity contribution in [3.8, 4) is 6.07 Å². The molecule has 2 atom stereocenters. The summed E-state index contributed by atoms with van der Waals surface area (Å²) in [5.41, 5.74) is 1.40. The average molecular weight is 280 g/mol. The Morgan fingerprint density at radius 1 is 1.68 bits per heavy atom. The summed E-state index contributed by atoms with van der Waals surface area (Å²) in [7, 11) is 0. The molecule has 2 heterocycles. The molecule has 1 aromatic heterocycles. The minimum atomic E-state index is 0.264. The molecule has 0 saturated carbocycles. The number of pyridine rings is 1. The Morgan fingerprint density at radius 2 is 2.53 bits per heavy atom. The monoisotopic (exact) mass is 279 g/mol. The van der Waals surface area contributed by atoms with Gasteiger partial charge in [0.1, 0.15) is 11.2 Å². The van der Waals surface area contributed by atoms with E-state index in [1.165, 1.54) is 6.42 Å². The van der Waals surface area contributed by atoms with Gasteiger partial charge in [-0.05, 0) is 37.3 Å². The van der Waals surface area contributed by atoms with E-state index in [4.69, 9.17) is 21.6 Å². The molecular formula is C14H18ClN3O. The third-order valence-electron chi connectivity index (χ3n) is 3.55. The zero-order valence-electron chi connectivity index (χ0n) is 11.0. The highest BCUT2D eigenvalue weighted by atomic mass is 35.5. The highest BCUT2D eigenvalue weighted by Gasteiger charge is 2.20. The van der Waals surface area contributed by atoms with Crippen LogP contribution in [0.1, 0.15) is 30.9 Å². The normalized spacial score (nSPS) is 20.8. The molecule has 102 valence electrons. The average Bonchev–Trinajstić information content (AvgIpc) is 2.47. The van der Waals surface area contributed by atoms with Crippen LogP contribution in [0, 0.1) is 17.2 Å². The fourth-order valence-corrected chi connectivity index (χ4v) is 2.42. The predicted octanol–water partition coefficient (Wildman–Crippen LogP) is 2.51. The second kappa shape index (κ2) is 6.85. The van der Waals surface area contributed by atoms with E-state index in [2.05, 4.69) is 17.2 Å². The highest BCUT2D eigenvalue weighted by Crippen LogP contribution is 2.18. The number of aromatic nitrogens is 1. The van der Waals surface area contributed by atoms with Gasteiger partial charge in [0.2, 0.25) is 0 Å². The molecule has 0 amide bonds. The van der Waals surface area contributed by atoms with E-state index in [0.29, 0.717) is 24.1 Å². The standard InChI is InChI=1S/C14H18ClN3O/c1-10(12-3-2-4-19-9-12)17-7-11-5-13(6-16)14(15)18-8-11/h5,8,10,12,17H,2-4,7,9H2,1H3/t10-,12-/m1/s1. The zero-order chi connectivity index (χ0) is 13.7. The van der Waals surface area contributed by atoms with Crippen LogP contribution >= 0.6 is 11.6 Å². The third-order valence-corrected chi connectivity index (χ3v) is 3.85. The summed E-state index contributed by atoms with van der Waals surface area (Å²) >= 11 is 5.81. The van der Waals surface area contributed by atoms with Gasteiger partial charge in [0, 0.05) is 25.4 Å². The van der Waals surface area contributed by atoms with E-state index in [9.17, 15) is 0 Å². The van der Waals surface area contributed by atoms with Crippen LogP contribution in [0.25, 0.3) is 0 Å². The lowest BCUT2D eigenvalue weighted by molar-refractivity contribution is 0.0417. The number of rotatable bonds is 4. The van der Waals surface area contributed by atoms with Gasteiger partial charge < -0.3 is 10.1 Å². The first kappa shape index (κ1) is 14.3. The second-order valence-electron chi connectivity index (χ2n) is 4.94. The van der Waals surface area contributed by atoms with Crippen molar-refractivity contribution >= 4 is 11.6 Å². The van der Waals surface area contributed by atoms with Crippen LogP contribution in [0.3, 0.4) is 0 Å². The summed E-state index contributed by atoms with van der Waals surface area (Å²) in [5.74, 6) is 0.560. The van der Waals surface area contributed by atoms with Crippen molar-refractivity contribution in [3.63, 3.8) is 0 Å². The molecular weight excluding hydrogens is 262 g/mol. The number of ether oxygens (including phenoxy) is 1. The molecule has 1 N–H and O–H groups in total. The molecule has 0 bridgehead atoms. The molecule has 0 spiro atoms. The first-order valence-corrected chi connectivity index (χ1v) is 6.94. The maximum absolute atomic E-state index is 8.91. The molecule has 0 aliphatic carbocycles. The van der Waals surface area contributed by atoms with Crippen molar-refractivity contribution in [3.05, 3.63) is 28.5 Å². The van der Waals surface area contributed by atoms with Crippen LogP contribution in [0.2, 0.25) is 5.15 Å². The van der Waals surface area contributed by atoms with E-state index in [0.717, 1.165) is 25.2 Å². The van der Waals surface area contributed by atoms with Gasteiger partial charge in [0.15, 0.2) is 0 Å². The van der Waals surface area contributed by atoms with Crippen molar-refractivity contribution in [2.75, 3.05) is 13.2 Å². The minimum Gasteiger partial charge on any atom is -0.381 e. The fraction of sp³-hybridized carbons (Fsp3) is 0.571. The molecule has 4 nitrogen and oxygen atoms in total. The predicted molar refractivity (Wildman–Crippen MR) is 73.8 cm³/mol. The molecule has 5 heteroatoms. The summed E-state index contributed by atoms with van der Waals surface area (Å²) in [6, 6.07) is 4.22. The van der Waals surface area contributed by atoms with Crippen molar-refractivity contribution in [1.82, 2.24) is 10.3 Å². The fourth-order valence-electron chi connectivity index (χ4n) is 2.27. The van der Waals surface area contributed by atoms with Crippen LogP contribution in [-0.2, 0) is 11.3 Å². The Labute approximate surface area is 118 Å². The summed E-state index contributed by atoms with van der Waals surface area (Å²) in [6.45, 7) is 4.58. The van der Waals surface area contributed by atoms with E-state index in [-0.39, 0.29) is 5.15 Å². The van der Waals surface area contributed by atoms with Crippen LogP contribution in [-0.4, -0.2) is 24.2 Å². The van der Waals surface area contributed by atoms with Crippen LogP contribution < -0.4 is 5.32 Å². The molecule has 0 aromatic carbocycles. The lowest BCUT2D eigenvalue weighted by atomic mass is 9.95. The van der Waals surface area contributed by atoms with Crippen molar-refractivity contribution in [1.29, 1.82) is 5.26 Å². The lowest BCUT2D eigenvalue weighted by Crippen LogP contribution is -2.37. The third kappa shape index (κ3) is 3.90. The number of nitrogens with zero attached hydrogens (tertiary/aromatic N) is 2. The molecule has 1 aromatic rings. The molecule has 1 aliphatic rings. The van der Waals surface area contributed by atoms with E-state index >= 15 is 0 Å². The van der Waals surface area contributed by atoms with Crippen LogP contribution in [0.4, 0.5) is 0 Å². The van der Waals surface area contributed by atoms with Gasteiger partial charge in [-0.25, -0.2) is 4.98 Å². The number of nitriles is 1. The Bertz CT molecular complexity index is 466. The molecule has 1 fully saturated rings. The first-order valence-electron chi connectivity index (χ1n) is 6.56. The summed E-state index contributed by atoms with van der Waals surface area (Å²) in [6.07, 6.45) is 4.05. The molecule has 19 heavy (non-hydrogen) atoms. The van der Waals surface area contributed by atoms with Crippen molar-refractivity contribution in [2.24, 2.45) is 5.92 Å². The first-order chi connectivity index (χ1) is 9.20. The van der Waals surface area contributed by atoms with Crippen LogP contribution in [0.15, 0.2) is 12.3 Å². The number of nitrogens with one attached hydrogen (secondary N) is 1. The molecule has 2 rings (SSSR count). The van der Waals surface area contributed by atoms with Gasteiger partial charge in [-0.15, -0.1) is 0 Å². The van der Waals surface area contributed by atoms with Gasteiger partial charge in [0.05, 0.1) is 12.2 Å². The number of hydrogen-bond donors (Lipinski definition) is 1. The van der Waals surface area contributed by atoms with Gasteiger partial charge in [-0.3, -0.25) is 0 Å². The zero-order valence-corrected chi connectivity index (χ0v) is 11.8. The topological polar surface area (TPSA) is 57.9 Å². The van der Waals surface area contributed by atoms with Crippen LogP contribution in [0.5, 0.6) is 0 Å². The Hall–Kier alpha value is -1.15. The molecule has 0 unspecified atom stereocenters. The second-order valence-corrected chi connectivity index (χ2v) is 5.30. The Morgan fingerprint density at radius 3 is 3.21 bits per heavy atom. The van der Waals surface area contributed by atoms with E-state index < -0.39 is 0 Å². The van der Waals surface area contributed by atoms with Crippen molar-refractivity contribution in [2.45, 2.75) is 32.4 Å². The van der Waals surface area contributed by atoms with Gasteiger partial charge in [0.25, 0.3) is 0 Å². The summed E-state index contributed by atoms with van der Waals surface area (Å²) in [5, 5.41) is 12.6. The summed E-state index contributed by atoms with van der Waals surface area (Å²) < 4.78 is 5.49. The van der Waals surface area contributed by atoms with Gasteiger partial charge in [-0.2, -0.15) is 5.26 Å². The maximum atomic E-state index is 8.91. The minimum absolute atomic E-state index is 0.264. The van der Waals surface area contributed by atoms with E-state index in [1.807, 2.05) is 6.07 Å². The highest BCUT2D eigenvalue weighted by molar-refractivity contribution is 6.30. The number of hydrogen-bond acceptors (Lipinski definition) is 4. The quantitative estimate of drug-likeness (QED) is 0.861. The molecule has 1 aliphatic heterocycles. The lowest BCUT2D eigenvalue weighted by Gasteiger charge is -2.28. The number of halogens is 1. The summed E-state index contributed by atoms with van der Waals surface area (Å²) in [4.78, 5) is 4.02. The smallest absolute Gasteiger partial charge is 0.146 e. The van der Waals surface area contributed by atoms with Crippen molar-refractivity contribution < 1.29 is 4.74 Å². The van der Waals surface area contributed by atoms with E-state index in [1.54, 1.807) is 12.3 Å². The molecule has 0 radical (unpaired) electrons. The molecule has 1 saturated heterocycles. The maximum Gasteiger partial charge on any atom is 0.146 e. The largest absolute Gasteiger partial charge is 0.381 e. The van der Waals surface area contributed by atoms with Gasteiger partial charge in [-0.1, -0.05) is 11.6 Å². The Kier molecular flexibility index (Phi) is 5.15. The van der Waals surface area contributed by atoms with Gasteiger partial charge >= 0.3 is 0 Å².